The van der Waals surface area contributed by atoms with Crippen molar-refractivity contribution in [2.75, 3.05) is 6.26 Å². The molecular weight excluding hydrogens is 520 g/mol. The molecule has 0 unspecified atom stereocenters. The first kappa shape index (κ1) is 23.9. The number of halogens is 1. The number of aryl methyl sites for hydroxylation is 1. The molecule has 4 rings (SSSR count). The molecule has 2 aromatic carbocycles. The second kappa shape index (κ2) is 8.83. The van der Waals surface area contributed by atoms with Crippen LogP contribution in [0.2, 0.25) is 0 Å². The lowest BCUT2D eigenvalue weighted by Gasteiger charge is -2.14. The van der Waals surface area contributed by atoms with Crippen LogP contribution in [0.15, 0.2) is 70.0 Å². The van der Waals surface area contributed by atoms with E-state index >= 15 is 0 Å². The number of hydrogen-bond donors (Lipinski definition) is 1. The van der Waals surface area contributed by atoms with Gasteiger partial charge in [-0.3, -0.25) is 0 Å². The average Bonchev–Trinajstić information content (AvgIpc) is 3.37. The van der Waals surface area contributed by atoms with Gasteiger partial charge in [0.05, 0.1) is 25.6 Å². The molecule has 0 fully saturated rings. The van der Waals surface area contributed by atoms with Gasteiger partial charge in [0.15, 0.2) is 9.84 Å². The van der Waals surface area contributed by atoms with Crippen LogP contribution in [0.5, 0.6) is 0 Å². The molecule has 0 amide bonds. The molecule has 8 heteroatoms. The Hall–Kier alpha value is -2.26. The molecule has 0 aliphatic heterocycles. The van der Waals surface area contributed by atoms with Crippen LogP contribution in [0.3, 0.4) is 0 Å². The number of aromatic nitrogens is 2. The van der Waals surface area contributed by atoms with E-state index in [-0.39, 0.29) is 0 Å². The van der Waals surface area contributed by atoms with E-state index < -0.39 is 15.4 Å². The minimum atomic E-state index is -3.29. The lowest BCUT2D eigenvalue weighted by Crippen LogP contribution is -2.17. The Bertz CT molecular complexity index is 1430. The second-order valence-corrected chi connectivity index (χ2v) is 12.3. The lowest BCUT2D eigenvalue weighted by molar-refractivity contribution is 0.0727. The normalized spacial score (nSPS) is 12.3. The number of benzene rings is 2. The topological polar surface area (TPSA) is 72.2 Å². The molecule has 1 N–H and O–H groups in total. The molecule has 0 saturated carbocycles. The average molecular weight is 546 g/mol. The van der Waals surface area contributed by atoms with E-state index in [1.54, 1.807) is 43.4 Å². The Morgan fingerprint density at radius 1 is 1.06 bits per heavy atom. The van der Waals surface area contributed by atoms with Crippen molar-refractivity contribution in [3.05, 3.63) is 76.4 Å². The molecule has 0 atom stereocenters. The summed E-state index contributed by atoms with van der Waals surface area (Å²) in [6, 6.07) is 19.1. The highest BCUT2D eigenvalue weighted by Crippen LogP contribution is 2.43. The Morgan fingerprint density at radius 3 is 2.42 bits per heavy atom. The fourth-order valence-electron chi connectivity index (χ4n) is 3.69. The number of sulfone groups is 1. The molecule has 0 radical (unpaired) electrons. The third-order valence-corrected chi connectivity index (χ3v) is 8.40. The smallest absolute Gasteiger partial charge is 0.175 e. The molecule has 4 aromatic rings. The van der Waals surface area contributed by atoms with Crippen LogP contribution in [0.4, 0.5) is 0 Å². The van der Waals surface area contributed by atoms with Crippen molar-refractivity contribution < 1.29 is 13.5 Å². The van der Waals surface area contributed by atoms with E-state index in [1.165, 1.54) is 6.26 Å². The van der Waals surface area contributed by atoms with Crippen molar-refractivity contribution >= 4 is 37.1 Å². The molecule has 0 bridgehead atoms. The summed E-state index contributed by atoms with van der Waals surface area (Å²) in [4.78, 5) is 2.20. The predicted molar refractivity (Wildman–Crippen MR) is 138 cm³/mol. The van der Waals surface area contributed by atoms with Gasteiger partial charge in [0.1, 0.15) is 11.3 Å². The molecule has 2 heterocycles. The highest BCUT2D eigenvalue weighted by atomic mass is 79.9. The zero-order valence-corrected chi connectivity index (χ0v) is 22.1. The molecule has 2 aromatic heterocycles. The van der Waals surface area contributed by atoms with Gasteiger partial charge in [-0.15, -0.1) is 11.3 Å². The van der Waals surface area contributed by atoms with Gasteiger partial charge in [-0.25, -0.2) is 13.1 Å². The zero-order chi connectivity index (χ0) is 24.0. The van der Waals surface area contributed by atoms with Crippen LogP contribution >= 0.6 is 27.3 Å². The molecule has 172 valence electrons. The van der Waals surface area contributed by atoms with E-state index in [0.717, 1.165) is 43.2 Å². The summed E-state index contributed by atoms with van der Waals surface area (Å²) in [5.74, 6) is 0. The van der Waals surface area contributed by atoms with Gasteiger partial charge >= 0.3 is 0 Å². The summed E-state index contributed by atoms with van der Waals surface area (Å²) < 4.78 is 26.6. The van der Waals surface area contributed by atoms with Gasteiger partial charge in [-0.05, 0) is 77.7 Å². The molecule has 0 saturated heterocycles. The monoisotopic (exact) mass is 544 g/mol. The Labute approximate surface area is 206 Å². The fourth-order valence-corrected chi connectivity index (χ4v) is 6.48. The summed E-state index contributed by atoms with van der Waals surface area (Å²) in [5, 5.41) is 15.6. The first-order chi connectivity index (χ1) is 15.5. The third kappa shape index (κ3) is 4.71. The van der Waals surface area contributed by atoms with E-state index in [2.05, 4.69) is 28.9 Å². The minimum Gasteiger partial charge on any atom is -0.384 e. The maximum Gasteiger partial charge on any atom is 0.175 e. The Balaban J connectivity index is 1.90. The van der Waals surface area contributed by atoms with Crippen molar-refractivity contribution in [1.82, 2.24) is 9.78 Å². The number of nitrogens with zero attached hydrogens (tertiary/aromatic N) is 2. The summed E-state index contributed by atoms with van der Waals surface area (Å²) in [5.41, 5.74) is 3.21. The van der Waals surface area contributed by atoms with Gasteiger partial charge in [-0.2, -0.15) is 5.10 Å². The van der Waals surface area contributed by atoms with E-state index in [4.69, 9.17) is 5.10 Å². The summed E-state index contributed by atoms with van der Waals surface area (Å²) >= 11 is 5.26. The quantitative estimate of drug-likeness (QED) is 0.312. The maximum absolute atomic E-state index is 12.0. The third-order valence-electron chi connectivity index (χ3n) is 5.39. The molecule has 33 heavy (non-hydrogen) atoms. The van der Waals surface area contributed by atoms with Gasteiger partial charge in [0.2, 0.25) is 0 Å². The molecule has 0 spiro atoms. The van der Waals surface area contributed by atoms with Gasteiger partial charge in [0, 0.05) is 11.1 Å². The van der Waals surface area contributed by atoms with Gasteiger partial charge in [0.25, 0.3) is 0 Å². The van der Waals surface area contributed by atoms with Crippen LogP contribution in [0.25, 0.3) is 26.7 Å². The van der Waals surface area contributed by atoms with Crippen molar-refractivity contribution in [3.63, 3.8) is 0 Å². The highest BCUT2D eigenvalue weighted by molar-refractivity contribution is 9.10. The molecule has 0 aliphatic carbocycles. The molecule has 0 aliphatic rings. The van der Waals surface area contributed by atoms with Crippen molar-refractivity contribution in [1.29, 1.82) is 0 Å². The number of aliphatic hydroxyl groups is 1. The Kier molecular flexibility index (Phi) is 6.39. The van der Waals surface area contributed by atoms with Crippen LogP contribution < -0.4 is 0 Å². The first-order valence-electron chi connectivity index (χ1n) is 10.5. The number of thiophene rings is 1. The number of rotatable bonds is 6. The minimum absolute atomic E-state index is 0.294. The van der Waals surface area contributed by atoms with E-state index in [1.807, 2.05) is 41.1 Å². The van der Waals surface area contributed by atoms with Crippen molar-refractivity contribution in [2.45, 2.75) is 37.7 Å². The van der Waals surface area contributed by atoms with Crippen LogP contribution in [-0.4, -0.2) is 29.6 Å². The maximum atomic E-state index is 12.0. The fraction of sp³-hybridized carbons (Fsp3) is 0.240. The summed E-state index contributed by atoms with van der Waals surface area (Å²) in [6.45, 7) is 5.54. The summed E-state index contributed by atoms with van der Waals surface area (Å²) in [7, 11) is -3.29. The predicted octanol–water partition coefficient (Wildman–Crippen LogP) is 6.22. The SMILES string of the molecule is CCc1ccccc1-n1nc(C(C)(C)O)c(Br)c1-c1ccc(-c2cccc(S(C)(=O)=O)c2)s1. The summed E-state index contributed by atoms with van der Waals surface area (Å²) in [6.07, 6.45) is 2.06. The lowest BCUT2D eigenvalue weighted by atomic mass is 10.1. The zero-order valence-electron chi connectivity index (χ0n) is 18.8. The van der Waals surface area contributed by atoms with Crippen molar-refractivity contribution in [3.8, 4) is 26.7 Å². The van der Waals surface area contributed by atoms with Crippen molar-refractivity contribution in [2.24, 2.45) is 0 Å². The largest absolute Gasteiger partial charge is 0.384 e. The van der Waals surface area contributed by atoms with Gasteiger partial charge < -0.3 is 5.11 Å². The standard InChI is InChI=1S/C25H25BrN2O3S2/c1-5-16-9-6-7-12-19(16)28-23(22(26)24(27-28)25(2,3)29)21-14-13-20(32-21)17-10-8-11-18(15-17)33(4,30)31/h6-15,29H,5H2,1-4H3. The first-order valence-corrected chi connectivity index (χ1v) is 14.0. The second-order valence-electron chi connectivity index (χ2n) is 8.43. The Morgan fingerprint density at radius 2 is 1.76 bits per heavy atom. The van der Waals surface area contributed by atoms with Gasteiger partial charge in [-0.1, -0.05) is 37.3 Å². The van der Waals surface area contributed by atoms with E-state index in [0.29, 0.717) is 10.6 Å². The molecular formula is C25H25BrN2O3S2. The van der Waals surface area contributed by atoms with Crippen LogP contribution in [-0.2, 0) is 21.9 Å². The van der Waals surface area contributed by atoms with Crippen LogP contribution in [0, 0.1) is 0 Å². The highest BCUT2D eigenvalue weighted by Gasteiger charge is 2.29. The van der Waals surface area contributed by atoms with Crippen LogP contribution in [0.1, 0.15) is 32.0 Å². The van der Waals surface area contributed by atoms with E-state index in [9.17, 15) is 13.5 Å². The molecule has 5 nitrogen and oxygen atoms in total. The number of para-hydroxylation sites is 1. The number of hydrogen-bond acceptors (Lipinski definition) is 5.